The number of amides is 2. The van der Waals surface area contributed by atoms with Gasteiger partial charge in [0.2, 0.25) is 11.8 Å². The van der Waals surface area contributed by atoms with Gasteiger partial charge < -0.3 is 5.11 Å². The molecule has 1 fully saturated rings. The number of likely N-dealkylation sites (tertiary alicyclic amines) is 1. The molecule has 96 valence electrons. The minimum absolute atomic E-state index is 0.0717. The van der Waals surface area contributed by atoms with Gasteiger partial charge in [-0.25, -0.2) is 0 Å². The summed E-state index contributed by atoms with van der Waals surface area (Å²) in [6.45, 7) is 2.35. The van der Waals surface area contributed by atoms with Crippen molar-refractivity contribution in [1.82, 2.24) is 4.90 Å². The van der Waals surface area contributed by atoms with E-state index < -0.39 is 0 Å². The molecule has 0 aliphatic carbocycles. The molecule has 0 unspecified atom stereocenters. The third-order valence-corrected chi connectivity index (χ3v) is 3.21. The molecular formula is C14H17NO3. The first-order valence-corrected chi connectivity index (χ1v) is 6.17. The summed E-state index contributed by atoms with van der Waals surface area (Å²) >= 11 is 0. The highest BCUT2D eigenvalue weighted by molar-refractivity contribution is 5.97. The van der Waals surface area contributed by atoms with E-state index in [2.05, 4.69) is 0 Å². The Morgan fingerprint density at radius 3 is 2.28 bits per heavy atom. The van der Waals surface area contributed by atoms with Gasteiger partial charge in [-0.3, -0.25) is 14.5 Å². The van der Waals surface area contributed by atoms with Crippen LogP contribution in [0.4, 0.5) is 0 Å². The summed E-state index contributed by atoms with van der Waals surface area (Å²) in [5, 5.41) is 9.17. The van der Waals surface area contributed by atoms with E-state index in [0.29, 0.717) is 25.8 Å². The number of carbonyl (C=O) groups excluding carboxylic acids is 2. The normalized spacial score (nSPS) is 17.3. The van der Waals surface area contributed by atoms with E-state index in [1.165, 1.54) is 4.90 Å². The molecule has 2 amide bonds. The maximum Gasteiger partial charge on any atom is 0.229 e. The average molecular weight is 247 g/mol. The Labute approximate surface area is 106 Å². The van der Waals surface area contributed by atoms with Crippen molar-refractivity contribution in [3.63, 3.8) is 0 Å². The first-order valence-electron chi connectivity index (χ1n) is 6.17. The van der Waals surface area contributed by atoms with Crippen LogP contribution in [-0.2, 0) is 16.0 Å². The quantitative estimate of drug-likeness (QED) is 0.827. The van der Waals surface area contributed by atoms with E-state index in [-0.39, 0.29) is 23.5 Å². The number of benzene rings is 1. The second-order valence-corrected chi connectivity index (χ2v) is 4.87. The van der Waals surface area contributed by atoms with Crippen molar-refractivity contribution in [2.75, 3.05) is 6.54 Å². The predicted octanol–water partition coefficient (Wildman–Crippen LogP) is 1.72. The first-order chi connectivity index (χ1) is 8.56. The summed E-state index contributed by atoms with van der Waals surface area (Å²) in [6.07, 6.45) is 1.55. The fourth-order valence-corrected chi connectivity index (χ4v) is 2.18. The molecule has 0 spiro atoms. The van der Waals surface area contributed by atoms with Crippen LogP contribution in [0, 0.1) is 5.92 Å². The highest BCUT2D eigenvalue weighted by atomic mass is 16.3. The van der Waals surface area contributed by atoms with Crippen molar-refractivity contribution < 1.29 is 14.7 Å². The van der Waals surface area contributed by atoms with Gasteiger partial charge in [0.15, 0.2) is 0 Å². The monoisotopic (exact) mass is 247 g/mol. The lowest BCUT2D eigenvalue weighted by molar-refractivity contribution is -0.149. The number of carbonyl (C=O) groups is 2. The van der Waals surface area contributed by atoms with Gasteiger partial charge in [0.1, 0.15) is 5.75 Å². The molecule has 1 heterocycles. The van der Waals surface area contributed by atoms with Crippen LogP contribution in [0.2, 0.25) is 0 Å². The van der Waals surface area contributed by atoms with E-state index in [9.17, 15) is 9.59 Å². The molecule has 1 aromatic carbocycles. The van der Waals surface area contributed by atoms with E-state index >= 15 is 0 Å². The van der Waals surface area contributed by atoms with Crippen LogP contribution in [0.15, 0.2) is 24.3 Å². The maximum atomic E-state index is 11.8. The molecule has 4 heteroatoms. The number of phenolic OH excluding ortho intramolecular Hbond substituents is 1. The maximum absolute atomic E-state index is 11.8. The second kappa shape index (κ2) is 5.21. The first kappa shape index (κ1) is 12.6. The molecule has 1 aromatic rings. The molecule has 0 saturated carbocycles. The number of aromatic hydroxyl groups is 1. The number of hydrogen-bond donors (Lipinski definition) is 1. The number of phenols is 1. The van der Waals surface area contributed by atoms with Gasteiger partial charge in [-0.05, 0) is 30.0 Å². The third-order valence-electron chi connectivity index (χ3n) is 3.21. The van der Waals surface area contributed by atoms with Gasteiger partial charge in [0.25, 0.3) is 0 Å². The molecule has 0 bridgehead atoms. The van der Waals surface area contributed by atoms with E-state index in [1.54, 1.807) is 24.3 Å². The van der Waals surface area contributed by atoms with Crippen LogP contribution in [0.5, 0.6) is 5.75 Å². The van der Waals surface area contributed by atoms with Crippen LogP contribution < -0.4 is 0 Å². The zero-order valence-electron chi connectivity index (χ0n) is 10.4. The highest BCUT2D eigenvalue weighted by Crippen LogP contribution is 2.19. The van der Waals surface area contributed by atoms with Gasteiger partial charge in [0.05, 0.1) is 0 Å². The second-order valence-electron chi connectivity index (χ2n) is 4.87. The smallest absolute Gasteiger partial charge is 0.229 e. The van der Waals surface area contributed by atoms with Crippen LogP contribution in [0.3, 0.4) is 0 Å². The molecule has 2 rings (SSSR count). The summed E-state index contributed by atoms with van der Waals surface area (Å²) in [6, 6.07) is 6.82. The van der Waals surface area contributed by atoms with Crippen molar-refractivity contribution in [2.45, 2.75) is 26.2 Å². The molecule has 0 aromatic heterocycles. The van der Waals surface area contributed by atoms with E-state index in [0.717, 1.165) is 5.56 Å². The molecule has 1 aliphatic heterocycles. The minimum atomic E-state index is -0.0717. The lowest BCUT2D eigenvalue weighted by atomic mass is 9.97. The number of hydrogen-bond acceptors (Lipinski definition) is 3. The summed E-state index contributed by atoms with van der Waals surface area (Å²) in [7, 11) is 0. The van der Waals surface area contributed by atoms with Gasteiger partial charge in [-0.2, -0.15) is 0 Å². The molecule has 4 nitrogen and oxygen atoms in total. The van der Waals surface area contributed by atoms with Crippen molar-refractivity contribution >= 4 is 11.8 Å². The Bertz CT molecular complexity index is 435. The molecule has 1 saturated heterocycles. The Morgan fingerprint density at radius 1 is 1.17 bits per heavy atom. The third kappa shape index (κ3) is 2.88. The van der Waals surface area contributed by atoms with Crippen molar-refractivity contribution in [3.8, 4) is 5.75 Å². The van der Waals surface area contributed by atoms with Crippen molar-refractivity contribution in [3.05, 3.63) is 29.8 Å². The summed E-state index contributed by atoms with van der Waals surface area (Å²) in [4.78, 5) is 24.9. The fourth-order valence-electron chi connectivity index (χ4n) is 2.18. The van der Waals surface area contributed by atoms with Crippen LogP contribution in [0.25, 0.3) is 0 Å². The zero-order chi connectivity index (χ0) is 13.1. The summed E-state index contributed by atoms with van der Waals surface area (Å²) < 4.78 is 0. The van der Waals surface area contributed by atoms with E-state index in [4.69, 9.17) is 5.11 Å². The fraction of sp³-hybridized carbons (Fsp3) is 0.429. The number of rotatable bonds is 3. The Morgan fingerprint density at radius 2 is 1.72 bits per heavy atom. The zero-order valence-corrected chi connectivity index (χ0v) is 10.4. The SMILES string of the molecule is CC1CC(=O)N(CCc2ccc(O)cc2)C(=O)C1. The Hall–Kier alpha value is -1.84. The lowest BCUT2D eigenvalue weighted by Crippen LogP contribution is -2.43. The van der Waals surface area contributed by atoms with Gasteiger partial charge in [-0.1, -0.05) is 19.1 Å². The Kier molecular flexibility index (Phi) is 3.65. The largest absolute Gasteiger partial charge is 0.508 e. The number of piperidine rings is 1. The highest BCUT2D eigenvalue weighted by Gasteiger charge is 2.29. The molecule has 1 N–H and O–H groups in total. The summed E-state index contributed by atoms with van der Waals surface area (Å²) in [5.74, 6) is 0.239. The van der Waals surface area contributed by atoms with Gasteiger partial charge in [0, 0.05) is 19.4 Å². The van der Waals surface area contributed by atoms with Crippen LogP contribution in [-0.4, -0.2) is 28.4 Å². The van der Waals surface area contributed by atoms with Gasteiger partial charge >= 0.3 is 0 Å². The van der Waals surface area contributed by atoms with Crippen LogP contribution in [0.1, 0.15) is 25.3 Å². The van der Waals surface area contributed by atoms with Crippen molar-refractivity contribution in [1.29, 1.82) is 0 Å². The standard InChI is InChI=1S/C14H17NO3/c1-10-8-13(17)15(14(18)9-10)7-6-11-2-4-12(16)5-3-11/h2-5,10,16H,6-9H2,1H3. The van der Waals surface area contributed by atoms with Gasteiger partial charge in [-0.15, -0.1) is 0 Å². The molecular weight excluding hydrogens is 230 g/mol. The van der Waals surface area contributed by atoms with E-state index in [1.807, 2.05) is 6.92 Å². The topological polar surface area (TPSA) is 57.6 Å². The van der Waals surface area contributed by atoms with Crippen molar-refractivity contribution in [2.24, 2.45) is 5.92 Å². The molecule has 1 aliphatic rings. The lowest BCUT2D eigenvalue weighted by Gasteiger charge is -2.28. The average Bonchev–Trinajstić information content (AvgIpc) is 2.30. The predicted molar refractivity (Wildman–Crippen MR) is 66.9 cm³/mol. The molecule has 0 atom stereocenters. The Balaban J connectivity index is 1.95. The summed E-state index contributed by atoms with van der Waals surface area (Å²) in [5.41, 5.74) is 1.01. The van der Waals surface area contributed by atoms with Crippen LogP contribution >= 0.6 is 0 Å². The number of nitrogens with zero attached hydrogens (tertiary/aromatic N) is 1. The molecule has 0 radical (unpaired) electrons. The minimum Gasteiger partial charge on any atom is -0.508 e. The number of imide groups is 1. The molecule has 18 heavy (non-hydrogen) atoms.